The summed E-state index contributed by atoms with van der Waals surface area (Å²) in [4.78, 5) is 0. The van der Waals surface area contributed by atoms with Crippen LogP contribution in [0.15, 0.2) is 0 Å². The third-order valence-electron chi connectivity index (χ3n) is 5.50. The molecule has 0 rings (SSSR count). The minimum atomic E-state index is -1.49. The minimum Gasteiger partial charge on any atom is -0.122 e. The van der Waals surface area contributed by atoms with Crippen LogP contribution in [0.3, 0.4) is 0 Å². The summed E-state index contributed by atoms with van der Waals surface area (Å²) in [5, 5.41) is 0. The quantitative estimate of drug-likeness (QED) is 0.0798. The van der Waals surface area contributed by atoms with Crippen LogP contribution in [0.25, 0.3) is 0 Å². The first-order chi connectivity index (χ1) is 14.1. The minimum absolute atomic E-state index is 1.22. The van der Waals surface area contributed by atoms with Crippen LogP contribution in [0.4, 0.5) is 0 Å². The van der Waals surface area contributed by atoms with Gasteiger partial charge in [0.1, 0.15) is 3.64 Å². The molecule has 0 aliphatic heterocycles. The van der Waals surface area contributed by atoms with Crippen molar-refractivity contribution in [2.75, 3.05) is 11.5 Å². The van der Waals surface area contributed by atoms with Crippen molar-refractivity contribution < 1.29 is 0 Å². The summed E-state index contributed by atoms with van der Waals surface area (Å²) in [6, 6.07) is 0. The smallest absolute Gasteiger partial charge is 0.106 e. The molecule has 0 bridgehead atoms. The Morgan fingerprint density at radius 1 is 0.483 bits per heavy atom. The van der Waals surface area contributed by atoms with E-state index in [4.69, 9.17) is 24.1 Å². The van der Waals surface area contributed by atoms with E-state index < -0.39 is 3.64 Å². The molecule has 0 nitrogen and oxygen atoms in total. The summed E-state index contributed by atoms with van der Waals surface area (Å²) in [7, 11) is 0. The maximum atomic E-state index is 5.78. The van der Waals surface area contributed by atoms with Crippen molar-refractivity contribution in [1.82, 2.24) is 0 Å². The monoisotopic (exact) mass is 498 g/mol. The van der Waals surface area contributed by atoms with Crippen molar-refractivity contribution >= 4 is 50.5 Å². The summed E-state index contributed by atoms with van der Waals surface area (Å²) < 4.78 is -1.49. The summed E-state index contributed by atoms with van der Waals surface area (Å²) in [5.74, 6) is 2.45. The predicted molar refractivity (Wildman–Crippen MR) is 152 cm³/mol. The predicted octanol–water partition coefficient (Wildman–Crippen LogP) is 11.4. The van der Waals surface area contributed by atoms with E-state index in [9.17, 15) is 0 Å². The van der Waals surface area contributed by atoms with E-state index in [2.05, 4.69) is 13.8 Å². The lowest BCUT2D eigenvalue weighted by molar-refractivity contribution is 0.563. The fourth-order valence-electron chi connectivity index (χ4n) is 3.58. The van der Waals surface area contributed by atoms with Crippen LogP contribution in [-0.2, 0) is 11.8 Å². The Morgan fingerprint density at radius 2 is 0.724 bits per heavy atom. The normalized spacial score (nSPS) is 12.0. The topological polar surface area (TPSA) is 0 Å². The lowest BCUT2D eigenvalue weighted by Gasteiger charge is -2.14. The Hall–Kier alpha value is 1.70. The third kappa shape index (κ3) is 25.8. The molecule has 0 aliphatic carbocycles. The molecule has 29 heavy (non-hydrogen) atoms. The van der Waals surface area contributed by atoms with Crippen LogP contribution in [-0.4, -0.2) is 11.5 Å². The molecule has 0 fully saturated rings. The molecule has 0 saturated carbocycles. The second-order valence-corrected chi connectivity index (χ2v) is 23.6. The van der Waals surface area contributed by atoms with Gasteiger partial charge in [-0.15, -0.1) is 35.0 Å². The van der Waals surface area contributed by atoms with E-state index in [1.54, 1.807) is 0 Å². The summed E-state index contributed by atoms with van der Waals surface area (Å²) in [6.45, 7) is 4.58. The standard InChI is InChI=1S/C24H51PS4/c1-3-5-7-9-11-13-15-17-19-21-23-28-25(26,27)29-24-22-20-18-16-14-12-10-8-6-4-2/h3-24H2,1-2H3,(H,26,27). The first-order valence-corrected chi connectivity index (χ1v) is 19.9. The second kappa shape index (κ2) is 24.3. The lowest BCUT2D eigenvalue weighted by atomic mass is 10.1. The van der Waals surface area contributed by atoms with E-state index in [1.807, 2.05) is 22.8 Å². The van der Waals surface area contributed by atoms with Gasteiger partial charge >= 0.3 is 0 Å². The van der Waals surface area contributed by atoms with E-state index in [0.29, 0.717) is 0 Å². The molecule has 0 heterocycles. The highest BCUT2D eigenvalue weighted by Crippen LogP contribution is 2.73. The summed E-state index contributed by atoms with van der Waals surface area (Å²) in [5.41, 5.74) is 0. The number of unbranched alkanes of at least 4 members (excludes halogenated alkanes) is 18. The van der Waals surface area contributed by atoms with Crippen LogP contribution in [0.1, 0.15) is 142 Å². The highest BCUT2D eigenvalue weighted by molar-refractivity contribution is 9.20. The van der Waals surface area contributed by atoms with Gasteiger partial charge in [0.05, 0.1) is 0 Å². The fourth-order valence-corrected chi connectivity index (χ4v) is 12.0. The molecular weight excluding hydrogens is 448 g/mol. The zero-order chi connectivity index (χ0) is 21.5. The van der Waals surface area contributed by atoms with Gasteiger partial charge in [-0.2, -0.15) is 0 Å². The molecule has 0 radical (unpaired) electrons. The van der Waals surface area contributed by atoms with Crippen molar-refractivity contribution in [3.05, 3.63) is 0 Å². The number of rotatable bonds is 24. The van der Waals surface area contributed by atoms with Crippen molar-refractivity contribution in [3.63, 3.8) is 0 Å². The first kappa shape index (κ1) is 30.7. The number of hydrogen-bond donors (Lipinski definition) is 1. The van der Waals surface area contributed by atoms with Crippen LogP contribution in [0.5, 0.6) is 0 Å². The van der Waals surface area contributed by atoms with Crippen LogP contribution in [0, 0.1) is 0 Å². The maximum Gasteiger partial charge on any atom is 0.106 e. The van der Waals surface area contributed by atoms with E-state index in [1.165, 1.54) is 140 Å². The Balaban J connectivity index is 3.31. The molecule has 0 aromatic rings. The molecule has 0 amide bonds. The van der Waals surface area contributed by atoms with Gasteiger partial charge in [0.25, 0.3) is 0 Å². The molecule has 0 atom stereocenters. The highest BCUT2D eigenvalue weighted by atomic mass is 33.5. The van der Waals surface area contributed by atoms with E-state index in [-0.39, 0.29) is 0 Å². The Morgan fingerprint density at radius 3 is 1.00 bits per heavy atom. The number of thiol groups is 1. The zero-order valence-electron chi connectivity index (χ0n) is 19.7. The molecule has 0 N–H and O–H groups in total. The van der Waals surface area contributed by atoms with Crippen molar-refractivity contribution in [2.24, 2.45) is 0 Å². The van der Waals surface area contributed by atoms with Crippen LogP contribution < -0.4 is 0 Å². The first-order valence-electron chi connectivity index (χ1n) is 12.7. The van der Waals surface area contributed by atoms with Crippen molar-refractivity contribution in [2.45, 2.75) is 142 Å². The highest BCUT2D eigenvalue weighted by Gasteiger charge is 2.12. The lowest BCUT2D eigenvalue weighted by Crippen LogP contribution is -1.84. The van der Waals surface area contributed by atoms with Gasteiger partial charge in [-0.1, -0.05) is 141 Å². The number of hydrogen-bond acceptors (Lipinski definition) is 3. The Bertz CT molecular complexity index is 333. The fraction of sp³-hybridized carbons (Fsp3) is 1.00. The molecular formula is C24H51PS4. The van der Waals surface area contributed by atoms with Gasteiger partial charge in [-0.25, -0.2) is 0 Å². The average molecular weight is 499 g/mol. The van der Waals surface area contributed by atoms with E-state index in [0.717, 1.165) is 0 Å². The van der Waals surface area contributed by atoms with Crippen molar-refractivity contribution in [3.8, 4) is 0 Å². The van der Waals surface area contributed by atoms with Gasteiger partial charge in [0.15, 0.2) is 0 Å². The van der Waals surface area contributed by atoms with Gasteiger partial charge in [-0.05, 0) is 24.3 Å². The molecule has 0 saturated heterocycles. The Kier molecular flexibility index (Phi) is 25.8. The molecule has 0 aliphatic rings. The van der Waals surface area contributed by atoms with Gasteiger partial charge in [0.2, 0.25) is 0 Å². The van der Waals surface area contributed by atoms with Gasteiger partial charge in [-0.3, -0.25) is 0 Å². The van der Waals surface area contributed by atoms with Crippen LogP contribution in [0.2, 0.25) is 0 Å². The Labute approximate surface area is 203 Å². The second-order valence-electron chi connectivity index (χ2n) is 8.50. The molecule has 0 spiro atoms. The van der Waals surface area contributed by atoms with Crippen molar-refractivity contribution in [1.29, 1.82) is 0 Å². The SMILES string of the molecule is CCCCCCCCCCCCSP(=S)(S)SCCCCCCCCCCCC. The van der Waals surface area contributed by atoms with Crippen LogP contribution >= 0.6 is 38.7 Å². The van der Waals surface area contributed by atoms with Gasteiger partial charge in [0, 0.05) is 0 Å². The molecule has 0 aromatic carbocycles. The zero-order valence-corrected chi connectivity index (χ0v) is 23.9. The average Bonchev–Trinajstić information content (AvgIpc) is 2.70. The molecule has 0 aromatic heterocycles. The van der Waals surface area contributed by atoms with Gasteiger partial charge < -0.3 is 0 Å². The molecule has 5 heteroatoms. The molecule has 0 unspecified atom stereocenters. The third-order valence-corrected chi connectivity index (χ3v) is 16.0. The van der Waals surface area contributed by atoms with E-state index >= 15 is 0 Å². The molecule has 176 valence electrons. The summed E-state index contributed by atoms with van der Waals surface area (Å²) in [6.07, 6.45) is 28.2. The maximum absolute atomic E-state index is 5.78. The largest absolute Gasteiger partial charge is 0.122 e. The summed E-state index contributed by atoms with van der Waals surface area (Å²) >= 11 is 14.6.